The van der Waals surface area contributed by atoms with E-state index in [-0.39, 0.29) is 23.6 Å². The van der Waals surface area contributed by atoms with Gasteiger partial charge in [-0.25, -0.2) is 0 Å². The van der Waals surface area contributed by atoms with Crippen LogP contribution < -0.4 is 10.6 Å². The van der Waals surface area contributed by atoms with Crippen molar-refractivity contribution >= 4 is 17.9 Å². The summed E-state index contributed by atoms with van der Waals surface area (Å²) < 4.78 is 1.90. The van der Waals surface area contributed by atoms with Gasteiger partial charge >= 0.3 is 0 Å². The molecule has 0 aliphatic carbocycles. The van der Waals surface area contributed by atoms with E-state index in [1.807, 2.05) is 36.9 Å². The third kappa shape index (κ3) is 6.87. The van der Waals surface area contributed by atoms with Crippen molar-refractivity contribution in [3.63, 3.8) is 0 Å². The third-order valence-electron chi connectivity index (χ3n) is 5.17. The zero-order valence-corrected chi connectivity index (χ0v) is 19.6. The lowest BCUT2D eigenvalue weighted by molar-refractivity contribution is 0.0947. The Bertz CT molecular complexity index is 1120. The molecule has 0 fully saturated rings. The largest absolute Gasteiger partial charge is 0.351 e. The molecule has 2 heterocycles. The van der Waals surface area contributed by atoms with Crippen LogP contribution in [0.4, 0.5) is 0 Å². The fourth-order valence-corrected chi connectivity index (χ4v) is 3.29. The van der Waals surface area contributed by atoms with Gasteiger partial charge in [0.05, 0.1) is 12.7 Å². The molecule has 1 aromatic carbocycles. The summed E-state index contributed by atoms with van der Waals surface area (Å²) >= 11 is 0. The second-order valence-corrected chi connectivity index (χ2v) is 8.28. The highest BCUT2D eigenvalue weighted by Gasteiger charge is 2.12. The van der Waals surface area contributed by atoms with Gasteiger partial charge < -0.3 is 10.6 Å². The summed E-state index contributed by atoms with van der Waals surface area (Å²) in [5.41, 5.74) is 4.09. The molecule has 0 aliphatic rings. The SMILES string of the molecule is CCNC(=O)c1cc(C(=O)N[C@@H](C)C=Cc2cnn(Cc3ccc(C(C)C)cc3)c2)ccn1. The van der Waals surface area contributed by atoms with E-state index in [0.29, 0.717) is 24.6 Å². The van der Waals surface area contributed by atoms with Crippen LogP contribution in [0.25, 0.3) is 6.08 Å². The Morgan fingerprint density at radius 3 is 2.55 bits per heavy atom. The second kappa shape index (κ2) is 11.2. The normalized spacial score (nSPS) is 12.2. The van der Waals surface area contributed by atoms with Crippen molar-refractivity contribution in [2.45, 2.75) is 46.2 Å². The predicted octanol–water partition coefficient (Wildman–Crippen LogP) is 4.03. The summed E-state index contributed by atoms with van der Waals surface area (Å²) in [6, 6.07) is 11.5. The van der Waals surface area contributed by atoms with Crippen LogP contribution in [-0.2, 0) is 6.54 Å². The Labute approximate surface area is 194 Å². The van der Waals surface area contributed by atoms with Gasteiger partial charge in [0, 0.05) is 36.1 Å². The number of carbonyl (C=O) groups is 2. The number of hydrogen-bond acceptors (Lipinski definition) is 4. The molecule has 2 amide bonds. The van der Waals surface area contributed by atoms with Gasteiger partial charge in [-0.3, -0.25) is 19.3 Å². The number of nitrogens with zero attached hydrogens (tertiary/aromatic N) is 3. The highest BCUT2D eigenvalue weighted by Crippen LogP contribution is 2.15. The Morgan fingerprint density at radius 1 is 1.09 bits per heavy atom. The van der Waals surface area contributed by atoms with E-state index in [1.54, 1.807) is 12.3 Å². The number of pyridine rings is 1. The van der Waals surface area contributed by atoms with Crippen LogP contribution in [0.5, 0.6) is 0 Å². The molecular weight excluding hydrogens is 414 g/mol. The lowest BCUT2D eigenvalue weighted by Crippen LogP contribution is -2.31. The minimum atomic E-state index is -0.298. The van der Waals surface area contributed by atoms with Crippen LogP contribution in [-0.4, -0.2) is 39.2 Å². The van der Waals surface area contributed by atoms with Gasteiger partial charge in [0.15, 0.2) is 0 Å². The van der Waals surface area contributed by atoms with E-state index in [0.717, 1.165) is 5.56 Å². The van der Waals surface area contributed by atoms with E-state index in [1.165, 1.54) is 23.4 Å². The van der Waals surface area contributed by atoms with Gasteiger partial charge in [0.1, 0.15) is 5.69 Å². The quantitative estimate of drug-likeness (QED) is 0.520. The van der Waals surface area contributed by atoms with E-state index < -0.39 is 0 Å². The van der Waals surface area contributed by atoms with Crippen LogP contribution in [0.15, 0.2) is 61.1 Å². The molecule has 0 spiro atoms. The minimum absolute atomic E-state index is 0.203. The Hall–Kier alpha value is -3.74. The van der Waals surface area contributed by atoms with E-state index in [4.69, 9.17) is 0 Å². The molecule has 7 nitrogen and oxygen atoms in total. The molecule has 2 N–H and O–H groups in total. The smallest absolute Gasteiger partial charge is 0.269 e. The van der Waals surface area contributed by atoms with Crippen molar-refractivity contribution < 1.29 is 9.59 Å². The summed E-state index contributed by atoms with van der Waals surface area (Å²) in [6.45, 7) is 9.29. The van der Waals surface area contributed by atoms with Crippen molar-refractivity contribution in [2.75, 3.05) is 6.54 Å². The standard InChI is InChI=1S/C26H31N5O2/c1-5-27-26(33)24-14-23(12-13-28-24)25(32)30-19(4)6-7-21-15-29-31(17-21)16-20-8-10-22(11-9-20)18(2)3/h6-15,17-19H,5,16H2,1-4H3,(H,27,33)(H,30,32)/t19-/m0/s1. The molecule has 0 radical (unpaired) electrons. The maximum Gasteiger partial charge on any atom is 0.269 e. The van der Waals surface area contributed by atoms with Crippen LogP contribution in [0.3, 0.4) is 0 Å². The van der Waals surface area contributed by atoms with E-state index in [2.05, 4.69) is 58.8 Å². The third-order valence-corrected chi connectivity index (χ3v) is 5.17. The number of rotatable bonds is 9. The van der Waals surface area contributed by atoms with Crippen molar-refractivity contribution in [3.05, 3.63) is 89.0 Å². The number of benzene rings is 1. The van der Waals surface area contributed by atoms with E-state index in [9.17, 15) is 9.59 Å². The van der Waals surface area contributed by atoms with Crippen LogP contribution >= 0.6 is 0 Å². The van der Waals surface area contributed by atoms with Gasteiger partial charge in [-0.05, 0) is 43.0 Å². The van der Waals surface area contributed by atoms with Crippen molar-refractivity contribution in [2.24, 2.45) is 0 Å². The zero-order valence-electron chi connectivity index (χ0n) is 19.6. The first-order chi connectivity index (χ1) is 15.9. The number of hydrogen-bond donors (Lipinski definition) is 2. The van der Waals surface area contributed by atoms with E-state index >= 15 is 0 Å². The molecule has 172 valence electrons. The highest BCUT2D eigenvalue weighted by atomic mass is 16.2. The Kier molecular flexibility index (Phi) is 8.13. The first-order valence-electron chi connectivity index (χ1n) is 11.2. The molecule has 0 aliphatic heterocycles. The molecule has 7 heteroatoms. The molecule has 3 aromatic rings. The number of amides is 2. The average Bonchev–Trinajstić information content (AvgIpc) is 3.25. The molecule has 2 aromatic heterocycles. The fourth-order valence-electron chi connectivity index (χ4n) is 3.29. The first kappa shape index (κ1) is 23.9. The minimum Gasteiger partial charge on any atom is -0.351 e. The van der Waals surface area contributed by atoms with Gasteiger partial charge in [-0.15, -0.1) is 0 Å². The summed E-state index contributed by atoms with van der Waals surface area (Å²) in [7, 11) is 0. The van der Waals surface area contributed by atoms with Crippen LogP contribution in [0.1, 0.15) is 71.1 Å². The summed E-state index contributed by atoms with van der Waals surface area (Å²) in [5.74, 6) is -0.0438. The lowest BCUT2D eigenvalue weighted by Gasteiger charge is -2.10. The highest BCUT2D eigenvalue weighted by molar-refractivity contribution is 5.98. The number of aromatic nitrogens is 3. The molecule has 1 atom stereocenters. The van der Waals surface area contributed by atoms with Crippen LogP contribution in [0.2, 0.25) is 0 Å². The predicted molar refractivity (Wildman–Crippen MR) is 130 cm³/mol. The fraction of sp³-hybridized carbons (Fsp3) is 0.308. The summed E-state index contributed by atoms with van der Waals surface area (Å²) in [6.07, 6.45) is 9.08. The van der Waals surface area contributed by atoms with Gasteiger partial charge in [0.25, 0.3) is 11.8 Å². The molecule has 33 heavy (non-hydrogen) atoms. The second-order valence-electron chi connectivity index (χ2n) is 8.28. The molecular formula is C26H31N5O2. The summed E-state index contributed by atoms with van der Waals surface area (Å²) in [4.78, 5) is 28.5. The maximum absolute atomic E-state index is 12.6. The van der Waals surface area contributed by atoms with Gasteiger partial charge in [0.2, 0.25) is 0 Å². The Balaban J connectivity index is 1.56. The number of carbonyl (C=O) groups excluding carboxylic acids is 2. The molecule has 0 saturated carbocycles. The lowest BCUT2D eigenvalue weighted by atomic mass is 10.0. The Morgan fingerprint density at radius 2 is 1.85 bits per heavy atom. The van der Waals surface area contributed by atoms with Gasteiger partial charge in [-0.1, -0.05) is 50.3 Å². The number of nitrogens with one attached hydrogen (secondary N) is 2. The molecule has 0 saturated heterocycles. The first-order valence-corrected chi connectivity index (χ1v) is 11.2. The molecule has 0 bridgehead atoms. The van der Waals surface area contributed by atoms with Crippen molar-refractivity contribution in [1.29, 1.82) is 0 Å². The summed E-state index contributed by atoms with van der Waals surface area (Å²) in [5, 5.41) is 10.0. The van der Waals surface area contributed by atoms with Crippen molar-refractivity contribution in [1.82, 2.24) is 25.4 Å². The average molecular weight is 446 g/mol. The van der Waals surface area contributed by atoms with Crippen molar-refractivity contribution in [3.8, 4) is 0 Å². The molecule has 0 unspecified atom stereocenters. The maximum atomic E-state index is 12.6. The molecule has 3 rings (SSSR count). The van der Waals surface area contributed by atoms with Crippen LogP contribution in [0, 0.1) is 0 Å². The topological polar surface area (TPSA) is 88.9 Å². The monoisotopic (exact) mass is 445 g/mol. The van der Waals surface area contributed by atoms with Gasteiger partial charge in [-0.2, -0.15) is 5.10 Å². The zero-order chi connectivity index (χ0) is 23.8.